The van der Waals surface area contributed by atoms with Gasteiger partial charge in [-0.15, -0.1) is 0 Å². The number of sulfonamides is 1. The molecule has 0 bridgehead atoms. The van der Waals surface area contributed by atoms with Gasteiger partial charge in [-0.3, -0.25) is 14.8 Å². The third-order valence-corrected chi connectivity index (χ3v) is 7.47. The van der Waals surface area contributed by atoms with Gasteiger partial charge in [0.2, 0.25) is 21.9 Å². The Kier molecular flexibility index (Phi) is 10.8. The molecule has 2 aromatic carbocycles. The maximum atomic E-state index is 12.7. The highest BCUT2D eigenvalue weighted by Gasteiger charge is 2.22. The maximum Gasteiger partial charge on any atom is 0.251 e. The Morgan fingerprint density at radius 1 is 0.951 bits per heavy atom. The molecule has 0 saturated carbocycles. The Morgan fingerprint density at radius 3 is 2.37 bits per heavy atom. The van der Waals surface area contributed by atoms with Gasteiger partial charge in [0.25, 0.3) is 5.91 Å². The molecule has 0 aliphatic rings. The molecule has 12 nitrogen and oxygen atoms in total. The van der Waals surface area contributed by atoms with Crippen LogP contribution in [0.15, 0.2) is 59.6 Å². The van der Waals surface area contributed by atoms with Gasteiger partial charge < -0.3 is 16.0 Å². The molecule has 220 valence electrons. The third kappa shape index (κ3) is 10.1. The van der Waals surface area contributed by atoms with Crippen LogP contribution in [0, 0.1) is 6.92 Å². The van der Waals surface area contributed by atoms with Crippen LogP contribution in [0.2, 0.25) is 0 Å². The van der Waals surface area contributed by atoms with E-state index in [0.29, 0.717) is 41.7 Å². The lowest BCUT2D eigenvalue weighted by molar-refractivity contribution is -0.129. The van der Waals surface area contributed by atoms with Gasteiger partial charge in [-0.25, -0.2) is 23.6 Å². The van der Waals surface area contributed by atoms with Crippen molar-refractivity contribution in [2.75, 3.05) is 17.2 Å². The summed E-state index contributed by atoms with van der Waals surface area (Å²) in [5, 5.41) is 17.6. The van der Waals surface area contributed by atoms with E-state index >= 15 is 0 Å². The van der Waals surface area contributed by atoms with E-state index in [1.165, 1.54) is 6.07 Å². The Labute approximate surface area is 240 Å². The van der Waals surface area contributed by atoms with Crippen molar-refractivity contribution < 1.29 is 23.2 Å². The molecule has 1 aromatic heterocycles. The first-order valence-electron chi connectivity index (χ1n) is 13.2. The normalized spacial score (nSPS) is 11.5. The van der Waals surface area contributed by atoms with Crippen molar-refractivity contribution in [3.63, 3.8) is 0 Å². The second-order valence-electron chi connectivity index (χ2n) is 10.5. The number of aromatic nitrogens is 2. The summed E-state index contributed by atoms with van der Waals surface area (Å²) in [5.41, 5.74) is 3.48. The zero-order valence-electron chi connectivity index (χ0n) is 23.6. The van der Waals surface area contributed by atoms with E-state index in [-0.39, 0.29) is 17.2 Å². The Bertz CT molecular complexity index is 1460. The van der Waals surface area contributed by atoms with Gasteiger partial charge >= 0.3 is 0 Å². The van der Waals surface area contributed by atoms with Gasteiger partial charge in [0.1, 0.15) is 5.82 Å². The molecule has 3 aromatic rings. The summed E-state index contributed by atoms with van der Waals surface area (Å²) in [4.78, 5) is 32.4. The molecule has 0 fully saturated rings. The summed E-state index contributed by atoms with van der Waals surface area (Å²) < 4.78 is 28.1. The van der Waals surface area contributed by atoms with E-state index in [1.54, 1.807) is 74.9 Å². The van der Waals surface area contributed by atoms with Crippen LogP contribution in [-0.2, 0) is 14.8 Å². The second kappa shape index (κ2) is 14.0. The number of amides is 2. The van der Waals surface area contributed by atoms with Crippen molar-refractivity contribution in [1.82, 2.24) is 25.5 Å². The summed E-state index contributed by atoms with van der Waals surface area (Å²) >= 11 is 0. The van der Waals surface area contributed by atoms with Crippen molar-refractivity contribution in [2.45, 2.75) is 63.8 Å². The largest absolute Gasteiger partial charge is 0.352 e. The van der Waals surface area contributed by atoms with E-state index in [4.69, 9.17) is 5.21 Å². The first-order chi connectivity index (χ1) is 19.4. The average molecular weight is 584 g/mol. The van der Waals surface area contributed by atoms with Crippen molar-refractivity contribution in [1.29, 1.82) is 0 Å². The molecule has 0 radical (unpaired) electrons. The van der Waals surface area contributed by atoms with Gasteiger partial charge in [-0.2, -0.15) is 4.98 Å². The van der Waals surface area contributed by atoms with Crippen LogP contribution in [0.5, 0.6) is 0 Å². The lowest BCUT2D eigenvalue weighted by Gasteiger charge is -2.20. The summed E-state index contributed by atoms with van der Waals surface area (Å²) in [6.07, 6.45) is 4.00. The molecule has 3 rings (SSSR count). The minimum absolute atomic E-state index is 0.138. The summed E-state index contributed by atoms with van der Waals surface area (Å²) in [5.74, 6) is 0.209. The van der Waals surface area contributed by atoms with Gasteiger partial charge in [-0.1, -0.05) is 12.5 Å². The van der Waals surface area contributed by atoms with Crippen molar-refractivity contribution in [3.8, 4) is 0 Å². The molecule has 0 unspecified atom stereocenters. The molecular weight excluding hydrogens is 546 g/mol. The second-order valence-corrected chi connectivity index (χ2v) is 12.2. The Hall–Kier alpha value is -4.07. The van der Waals surface area contributed by atoms with Crippen LogP contribution in [0.25, 0.3) is 0 Å². The molecule has 0 saturated heterocycles. The highest BCUT2D eigenvalue weighted by molar-refractivity contribution is 7.89. The van der Waals surface area contributed by atoms with E-state index in [0.717, 1.165) is 18.4 Å². The van der Waals surface area contributed by atoms with E-state index < -0.39 is 21.5 Å². The Balaban J connectivity index is 1.59. The number of rotatable bonds is 13. The number of carbonyl (C=O) groups is 2. The van der Waals surface area contributed by atoms with Crippen LogP contribution in [0.4, 0.5) is 23.1 Å². The number of hydroxylamine groups is 1. The standard InChI is InChI=1S/C28H37N7O5S/c1-19-18-30-27(33-25(19)31-22-9-8-10-23(17-22)41(39,40)35-28(2,3)4)32-21-14-12-20(13-15-21)26(37)29-16-7-5-6-11-24(36)34-38/h8-10,12-15,17-18,35,38H,5-7,11,16H2,1-4H3,(H,29,37)(H,34,36)(H2,30,31,32,33). The molecule has 0 atom stereocenters. The zero-order chi connectivity index (χ0) is 30.0. The molecule has 6 N–H and O–H groups in total. The maximum absolute atomic E-state index is 12.7. The Morgan fingerprint density at radius 2 is 1.68 bits per heavy atom. The highest BCUT2D eigenvalue weighted by atomic mass is 32.2. The number of aryl methyl sites for hydroxylation is 1. The van der Waals surface area contributed by atoms with Crippen molar-refractivity contribution in [2.24, 2.45) is 0 Å². The number of carbonyl (C=O) groups excluding carboxylic acids is 2. The summed E-state index contributed by atoms with van der Waals surface area (Å²) in [7, 11) is -3.70. The summed E-state index contributed by atoms with van der Waals surface area (Å²) in [6, 6.07) is 13.4. The van der Waals surface area contributed by atoms with Gasteiger partial charge in [0.15, 0.2) is 0 Å². The third-order valence-electron chi connectivity index (χ3n) is 5.71. The van der Waals surface area contributed by atoms with Gasteiger partial charge in [0, 0.05) is 47.2 Å². The number of hydrogen-bond donors (Lipinski definition) is 6. The van der Waals surface area contributed by atoms with E-state index in [9.17, 15) is 18.0 Å². The van der Waals surface area contributed by atoms with Crippen molar-refractivity contribution in [3.05, 3.63) is 65.9 Å². The number of hydrogen-bond acceptors (Lipinski definition) is 9. The van der Waals surface area contributed by atoms with Crippen LogP contribution >= 0.6 is 0 Å². The minimum Gasteiger partial charge on any atom is -0.352 e. The molecule has 0 spiro atoms. The van der Waals surface area contributed by atoms with Gasteiger partial charge in [-0.05, 0) is 83.0 Å². The first-order valence-corrected chi connectivity index (χ1v) is 14.7. The van der Waals surface area contributed by atoms with Crippen LogP contribution < -0.4 is 26.2 Å². The predicted molar refractivity (Wildman–Crippen MR) is 157 cm³/mol. The smallest absolute Gasteiger partial charge is 0.251 e. The topological polar surface area (TPSA) is 174 Å². The molecule has 41 heavy (non-hydrogen) atoms. The molecule has 1 heterocycles. The van der Waals surface area contributed by atoms with Gasteiger partial charge in [0.05, 0.1) is 4.90 Å². The van der Waals surface area contributed by atoms with Crippen LogP contribution in [-0.4, -0.2) is 47.5 Å². The zero-order valence-corrected chi connectivity index (χ0v) is 24.4. The fourth-order valence-corrected chi connectivity index (χ4v) is 5.21. The SMILES string of the molecule is Cc1cnc(Nc2ccc(C(=O)NCCCCCC(=O)NO)cc2)nc1Nc1cccc(S(=O)(=O)NC(C)(C)C)c1. The minimum atomic E-state index is -3.70. The molecule has 0 aliphatic carbocycles. The number of nitrogens with one attached hydrogen (secondary N) is 5. The number of benzene rings is 2. The van der Waals surface area contributed by atoms with Crippen molar-refractivity contribution >= 4 is 45.0 Å². The quantitative estimate of drug-likeness (QED) is 0.0981. The van der Waals surface area contributed by atoms with Crippen LogP contribution in [0.1, 0.15) is 62.4 Å². The monoisotopic (exact) mass is 583 g/mol. The number of anilines is 4. The van der Waals surface area contributed by atoms with E-state index in [1.807, 2.05) is 6.92 Å². The first kappa shape index (κ1) is 31.5. The summed E-state index contributed by atoms with van der Waals surface area (Å²) in [6.45, 7) is 7.66. The lowest BCUT2D eigenvalue weighted by atomic mass is 10.1. The predicted octanol–water partition coefficient (Wildman–Crippen LogP) is 4.14. The van der Waals surface area contributed by atoms with E-state index in [2.05, 4.69) is 30.6 Å². The molecule has 2 amide bonds. The number of unbranched alkanes of at least 4 members (excludes halogenated alkanes) is 2. The number of nitrogens with zero attached hydrogens (tertiary/aromatic N) is 2. The average Bonchev–Trinajstić information content (AvgIpc) is 2.91. The molecular formula is C28H37N7O5S. The fourth-order valence-electron chi connectivity index (χ4n) is 3.75. The highest BCUT2D eigenvalue weighted by Crippen LogP contribution is 2.24. The van der Waals surface area contributed by atoms with Crippen LogP contribution in [0.3, 0.4) is 0 Å². The lowest BCUT2D eigenvalue weighted by Crippen LogP contribution is -2.40. The molecule has 0 aliphatic heterocycles. The molecule has 13 heteroatoms. The fraction of sp³-hybridized carbons (Fsp3) is 0.357.